The van der Waals surface area contributed by atoms with E-state index in [0.717, 1.165) is 16.5 Å². The second-order valence-corrected chi connectivity index (χ2v) is 3.75. The Bertz CT molecular complexity index is 674. The molecule has 0 unspecified atom stereocenters. The molecule has 16 heavy (non-hydrogen) atoms. The van der Waals surface area contributed by atoms with Gasteiger partial charge >= 0.3 is 0 Å². The third kappa shape index (κ3) is 1.25. The standard InChI is InChI=1S/C15H11O/c1-2-5-12-10-16-14-9-8-11-6-3-4-7-13(11)15(12)14/h2-10H,1H2. The maximum Gasteiger partial charge on any atom is 0.135 e. The molecule has 1 heterocycles. The Kier molecular flexibility index (Phi) is 2.03. The van der Waals surface area contributed by atoms with Crippen molar-refractivity contribution in [2.24, 2.45) is 0 Å². The van der Waals surface area contributed by atoms with Crippen molar-refractivity contribution in [3.63, 3.8) is 0 Å². The van der Waals surface area contributed by atoms with Crippen LogP contribution in [0, 0.1) is 6.92 Å². The van der Waals surface area contributed by atoms with E-state index in [1.54, 1.807) is 12.3 Å². The van der Waals surface area contributed by atoms with Gasteiger partial charge in [-0.25, -0.2) is 0 Å². The van der Waals surface area contributed by atoms with Gasteiger partial charge in [-0.3, -0.25) is 0 Å². The molecule has 3 rings (SSSR count). The van der Waals surface area contributed by atoms with Crippen LogP contribution in [-0.4, -0.2) is 0 Å². The molecule has 1 nitrogen and oxygen atoms in total. The molecule has 0 bridgehead atoms. The maximum absolute atomic E-state index is 5.53. The van der Waals surface area contributed by atoms with Crippen molar-refractivity contribution in [3.8, 4) is 0 Å². The predicted molar refractivity (Wildman–Crippen MR) is 68.1 cm³/mol. The van der Waals surface area contributed by atoms with E-state index >= 15 is 0 Å². The lowest BCUT2D eigenvalue weighted by Gasteiger charge is -1.99. The topological polar surface area (TPSA) is 13.1 Å². The number of hydrogen-bond donors (Lipinski definition) is 0. The molecular weight excluding hydrogens is 196 g/mol. The van der Waals surface area contributed by atoms with Gasteiger partial charge in [-0.05, 0) is 23.8 Å². The fourth-order valence-electron chi connectivity index (χ4n) is 2.08. The number of fused-ring (bicyclic) bond motifs is 3. The van der Waals surface area contributed by atoms with Crippen molar-refractivity contribution in [2.45, 2.75) is 0 Å². The molecule has 0 amide bonds. The van der Waals surface area contributed by atoms with E-state index < -0.39 is 0 Å². The monoisotopic (exact) mass is 207 g/mol. The summed E-state index contributed by atoms with van der Waals surface area (Å²) in [5.41, 5.74) is 2.01. The molecule has 1 radical (unpaired) electrons. The molecule has 0 N–H and O–H groups in total. The van der Waals surface area contributed by atoms with Gasteiger partial charge in [0.2, 0.25) is 0 Å². The normalized spacial score (nSPS) is 11.8. The Balaban J connectivity index is 2.51. The average molecular weight is 207 g/mol. The van der Waals surface area contributed by atoms with E-state index in [9.17, 15) is 0 Å². The molecule has 0 saturated heterocycles. The quantitative estimate of drug-likeness (QED) is 0.575. The minimum absolute atomic E-state index is 0.923. The van der Waals surface area contributed by atoms with E-state index in [1.807, 2.05) is 24.3 Å². The van der Waals surface area contributed by atoms with E-state index in [1.165, 1.54) is 10.8 Å². The molecule has 0 aliphatic heterocycles. The van der Waals surface area contributed by atoms with Gasteiger partial charge in [0.05, 0.1) is 6.26 Å². The van der Waals surface area contributed by atoms with Crippen LogP contribution in [0.15, 0.2) is 53.2 Å². The molecule has 1 heteroatoms. The summed E-state index contributed by atoms with van der Waals surface area (Å²) in [5.74, 6) is 0. The Morgan fingerprint density at radius 2 is 1.94 bits per heavy atom. The summed E-state index contributed by atoms with van der Waals surface area (Å²) in [7, 11) is 0. The van der Waals surface area contributed by atoms with Crippen molar-refractivity contribution in [2.75, 3.05) is 0 Å². The van der Waals surface area contributed by atoms with Gasteiger partial charge in [0.25, 0.3) is 0 Å². The van der Waals surface area contributed by atoms with Crippen LogP contribution in [0.2, 0.25) is 0 Å². The molecule has 3 aromatic rings. The van der Waals surface area contributed by atoms with Gasteiger partial charge in [-0.1, -0.05) is 42.5 Å². The molecule has 77 valence electrons. The van der Waals surface area contributed by atoms with Gasteiger partial charge in [0.1, 0.15) is 5.58 Å². The fourth-order valence-corrected chi connectivity index (χ4v) is 2.08. The number of hydrogen-bond acceptors (Lipinski definition) is 1. The maximum atomic E-state index is 5.53. The molecule has 0 aliphatic carbocycles. The smallest absolute Gasteiger partial charge is 0.135 e. The lowest BCUT2D eigenvalue weighted by atomic mass is 10.0. The predicted octanol–water partition coefficient (Wildman–Crippen LogP) is 4.43. The van der Waals surface area contributed by atoms with Gasteiger partial charge in [-0.15, -0.1) is 0 Å². The van der Waals surface area contributed by atoms with E-state index in [0.29, 0.717) is 0 Å². The SMILES string of the molecule is [CH2]C=Cc1coc2ccc3ccccc3c12. The van der Waals surface area contributed by atoms with Gasteiger partial charge in [0, 0.05) is 10.9 Å². The van der Waals surface area contributed by atoms with Crippen LogP contribution in [0.1, 0.15) is 5.56 Å². The lowest BCUT2D eigenvalue weighted by Crippen LogP contribution is -1.75. The molecule has 1 aromatic heterocycles. The first kappa shape index (κ1) is 9.22. The molecule has 2 aromatic carbocycles. The Hall–Kier alpha value is -2.02. The molecule has 0 fully saturated rings. The summed E-state index contributed by atoms with van der Waals surface area (Å²) in [4.78, 5) is 0. The van der Waals surface area contributed by atoms with Crippen molar-refractivity contribution in [1.82, 2.24) is 0 Å². The molecule has 0 atom stereocenters. The number of furan rings is 1. The Morgan fingerprint density at radius 1 is 1.06 bits per heavy atom. The highest BCUT2D eigenvalue weighted by molar-refractivity contribution is 6.09. The first-order chi connectivity index (χ1) is 7.90. The van der Waals surface area contributed by atoms with Crippen molar-refractivity contribution < 1.29 is 4.42 Å². The average Bonchev–Trinajstić information content (AvgIpc) is 2.73. The minimum Gasteiger partial charge on any atom is -0.464 e. The summed E-state index contributed by atoms with van der Waals surface area (Å²) in [6.45, 7) is 3.73. The summed E-state index contributed by atoms with van der Waals surface area (Å²) >= 11 is 0. The summed E-state index contributed by atoms with van der Waals surface area (Å²) in [6, 6.07) is 12.4. The van der Waals surface area contributed by atoms with E-state index in [-0.39, 0.29) is 0 Å². The molecule has 0 aliphatic rings. The van der Waals surface area contributed by atoms with Crippen LogP contribution in [0.3, 0.4) is 0 Å². The van der Waals surface area contributed by atoms with Crippen LogP contribution >= 0.6 is 0 Å². The summed E-state index contributed by atoms with van der Waals surface area (Å²) < 4.78 is 5.53. The minimum atomic E-state index is 0.923. The van der Waals surface area contributed by atoms with Gasteiger partial charge in [-0.2, -0.15) is 0 Å². The Labute approximate surface area is 94.0 Å². The molecule has 0 spiro atoms. The highest BCUT2D eigenvalue weighted by Gasteiger charge is 2.06. The van der Waals surface area contributed by atoms with Crippen LogP contribution in [-0.2, 0) is 0 Å². The second-order valence-electron chi connectivity index (χ2n) is 3.75. The first-order valence-electron chi connectivity index (χ1n) is 5.25. The third-order valence-corrected chi connectivity index (χ3v) is 2.79. The zero-order valence-corrected chi connectivity index (χ0v) is 8.81. The van der Waals surface area contributed by atoms with Crippen LogP contribution in [0.4, 0.5) is 0 Å². The number of benzene rings is 2. The molecule has 0 saturated carbocycles. The number of rotatable bonds is 1. The van der Waals surface area contributed by atoms with Crippen LogP contribution in [0.5, 0.6) is 0 Å². The summed E-state index contributed by atoms with van der Waals surface area (Å²) in [5, 5.41) is 3.62. The largest absolute Gasteiger partial charge is 0.464 e. The van der Waals surface area contributed by atoms with Crippen molar-refractivity contribution in [1.29, 1.82) is 0 Å². The third-order valence-electron chi connectivity index (χ3n) is 2.79. The van der Waals surface area contributed by atoms with Crippen LogP contribution < -0.4 is 0 Å². The zero-order valence-electron chi connectivity index (χ0n) is 8.81. The zero-order chi connectivity index (χ0) is 11.0. The Morgan fingerprint density at radius 3 is 2.81 bits per heavy atom. The van der Waals surface area contributed by atoms with Crippen molar-refractivity contribution in [3.05, 3.63) is 61.2 Å². The fraction of sp³-hybridized carbons (Fsp3) is 0. The molecular formula is C15H11O. The van der Waals surface area contributed by atoms with Gasteiger partial charge < -0.3 is 4.42 Å². The van der Waals surface area contributed by atoms with Gasteiger partial charge in [0.15, 0.2) is 0 Å². The lowest BCUT2D eigenvalue weighted by molar-refractivity contribution is 0.615. The van der Waals surface area contributed by atoms with E-state index in [2.05, 4.69) is 25.1 Å². The summed E-state index contributed by atoms with van der Waals surface area (Å²) in [6.07, 6.45) is 5.53. The highest BCUT2D eigenvalue weighted by Crippen LogP contribution is 2.30. The highest BCUT2D eigenvalue weighted by atomic mass is 16.3. The first-order valence-corrected chi connectivity index (χ1v) is 5.25. The number of allylic oxidation sites excluding steroid dienone is 1. The second kappa shape index (κ2) is 3.53. The van der Waals surface area contributed by atoms with Crippen LogP contribution in [0.25, 0.3) is 27.8 Å². The van der Waals surface area contributed by atoms with Crippen molar-refractivity contribution >= 4 is 27.8 Å². The van der Waals surface area contributed by atoms with E-state index in [4.69, 9.17) is 4.42 Å².